The maximum atomic E-state index is 12.1. The number of piperidine rings is 1. The molecule has 1 amide bonds. The molecule has 0 radical (unpaired) electrons. The first-order chi connectivity index (χ1) is 10.2. The van der Waals surface area contributed by atoms with Crippen LogP contribution in [0.25, 0.3) is 0 Å². The zero-order chi connectivity index (χ0) is 16.4. The summed E-state index contributed by atoms with van der Waals surface area (Å²) >= 11 is 0. The quantitative estimate of drug-likeness (QED) is 0.850. The molecule has 5 nitrogen and oxygen atoms in total. The van der Waals surface area contributed by atoms with Gasteiger partial charge in [-0.1, -0.05) is 12.1 Å². The molecule has 22 heavy (non-hydrogen) atoms. The van der Waals surface area contributed by atoms with Crippen LogP contribution in [0.2, 0.25) is 0 Å². The van der Waals surface area contributed by atoms with Crippen molar-refractivity contribution < 1.29 is 14.3 Å². The van der Waals surface area contributed by atoms with Crippen molar-refractivity contribution in [2.24, 2.45) is 0 Å². The number of nitrogens with zero attached hydrogens (tertiary/aromatic N) is 1. The number of hydrogen-bond acceptors (Lipinski definition) is 4. The molecule has 0 aliphatic carbocycles. The molecule has 2 N–H and O–H groups in total. The predicted octanol–water partition coefficient (Wildman–Crippen LogP) is 3.44. The van der Waals surface area contributed by atoms with E-state index >= 15 is 0 Å². The molecule has 1 aromatic carbocycles. The lowest BCUT2D eigenvalue weighted by molar-refractivity contribution is -0.00958. The third kappa shape index (κ3) is 4.29. The molecule has 0 unspecified atom stereocenters. The van der Waals surface area contributed by atoms with Crippen LogP contribution in [0.1, 0.15) is 40.5 Å². The number of carbonyl (C=O) groups is 1. The van der Waals surface area contributed by atoms with Gasteiger partial charge in [0.05, 0.1) is 5.69 Å². The fraction of sp³-hybridized carbons (Fsp3) is 0.588. The van der Waals surface area contributed by atoms with Crippen molar-refractivity contribution in [3.8, 4) is 5.75 Å². The molecule has 1 aliphatic heterocycles. The second-order valence-corrected chi connectivity index (χ2v) is 7.06. The molecular formula is C17H26N2O3. The fourth-order valence-corrected chi connectivity index (χ4v) is 2.43. The summed E-state index contributed by atoms with van der Waals surface area (Å²) in [6, 6.07) is 7.50. The Bertz CT molecular complexity index is 529. The number of carbonyl (C=O) groups excluding carboxylic acids is 1. The summed E-state index contributed by atoms with van der Waals surface area (Å²) in [6.45, 7) is 8.93. The summed E-state index contributed by atoms with van der Waals surface area (Å²) < 4.78 is 11.5. The van der Waals surface area contributed by atoms with Crippen molar-refractivity contribution >= 4 is 11.8 Å². The number of rotatable bonds is 2. The van der Waals surface area contributed by atoms with Gasteiger partial charge in [-0.3, -0.25) is 0 Å². The van der Waals surface area contributed by atoms with Gasteiger partial charge in [-0.05, 0) is 39.8 Å². The van der Waals surface area contributed by atoms with Gasteiger partial charge in [0.25, 0.3) is 0 Å². The molecule has 0 spiro atoms. The van der Waals surface area contributed by atoms with Crippen molar-refractivity contribution in [2.75, 3.05) is 18.8 Å². The Hall–Kier alpha value is -1.91. The number of benzene rings is 1. The Morgan fingerprint density at radius 3 is 2.36 bits per heavy atom. The molecule has 1 aromatic rings. The lowest BCUT2D eigenvalue weighted by atomic mass is 9.93. The lowest BCUT2D eigenvalue weighted by Gasteiger charge is -2.40. The first-order valence-corrected chi connectivity index (χ1v) is 7.70. The third-order valence-electron chi connectivity index (χ3n) is 3.75. The Balaban J connectivity index is 1.93. The van der Waals surface area contributed by atoms with E-state index in [0.717, 1.165) is 12.8 Å². The van der Waals surface area contributed by atoms with Gasteiger partial charge in [0.15, 0.2) is 0 Å². The van der Waals surface area contributed by atoms with E-state index in [1.54, 1.807) is 4.90 Å². The average molecular weight is 306 g/mol. The maximum absolute atomic E-state index is 12.1. The van der Waals surface area contributed by atoms with Gasteiger partial charge >= 0.3 is 6.09 Å². The second-order valence-electron chi connectivity index (χ2n) is 7.06. The smallest absolute Gasteiger partial charge is 0.410 e. The minimum absolute atomic E-state index is 0.256. The van der Waals surface area contributed by atoms with Crippen molar-refractivity contribution in [1.82, 2.24) is 4.90 Å². The molecular weight excluding hydrogens is 280 g/mol. The van der Waals surface area contributed by atoms with Gasteiger partial charge in [-0.15, -0.1) is 0 Å². The van der Waals surface area contributed by atoms with E-state index in [-0.39, 0.29) is 11.7 Å². The average Bonchev–Trinajstić information content (AvgIpc) is 2.40. The second kappa shape index (κ2) is 6.07. The Morgan fingerprint density at radius 2 is 1.82 bits per heavy atom. The van der Waals surface area contributed by atoms with Crippen LogP contribution in [0.15, 0.2) is 24.3 Å². The van der Waals surface area contributed by atoms with Crippen LogP contribution >= 0.6 is 0 Å². The molecule has 2 rings (SSSR count). The van der Waals surface area contributed by atoms with Crippen molar-refractivity contribution in [3.05, 3.63) is 24.3 Å². The van der Waals surface area contributed by atoms with Gasteiger partial charge in [0.1, 0.15) is 17.0 Å². The Morgan fingerprint density at radius 1 is 1.23 bits per heavy atom. The lowest BCUT2D eigenvalue weighted by Crippen LogP contribution is -2.49. The van der Waals surface area contributed by atoms with Gasteiger partial charge in [0, 0.05) is 25.9 Å². The molecule has 1 fully saturated rings. The molecule has 0 atom stereocenters. The topological polar surface area (TPSA) is 64.8 Å². The van der Waals surface area contributed by atoms with E-state index in [9.17, 15) is 4.79 Å². The summed E-state index contributed by atoms with van der Waals surface area (Å²) in [5.74, 6) is 0.704. The normalized spacial score (nSPS) is 17.9. The number of amides is 1. The molecule has 0 aromatic heterocycles. The Labute approximate surface area is 132 Å². The van der Waals surface area contributed by atoms with Crippen molar-refractivity contribution in [3.63, 3.8) is 0 Å². The predicted molar refractivity (Wildman–Crippen MR) is 86.9 cm³/mol. The monoisotopic (exact) mass is 306 g/mol. The van der Waals surface area contributed by atoms with Gasteiger partial charge in [-0.2, -0.15) is 0 Å². The van der Waals surface area contributed by atoms with Crippen molar-refractivity contribution in [2.45, 2.75) is 51.7 Å². The minimum atomic E-state index is -0.465. The summed E-state index contributed by atoms with van der Waals surface area (Å²) in [5, 5.41) is 0. The summed E-state index contributed by atoms with van der Waals surface area (Å²) in [5.41, 5.74) is 5.79. The van der Waals surface area contributed by atoms with E-state index in [2.05, 4.69) is 6.92 Å². The third-order valence-corrected chi connectivity index (χ3v) is 3.75. The molecule has 122 valence electrons. The SMILES string of the molecule is CC(C)(C)OC(=O)N1CCC(C)(Oc2ccccc2N)CC1. The van der Waals surface area contributed by atoms with E-state index < -0.39 is 5.60 Å². The van der Waals surface area contributed by atoms with Gasteiger partial charge < -0.3 is 20.1 Å². The molecule has 1 aliphatic rings. The van der Waals surface area contributed by atoms with Crippen LogP contribution in [-0.2, 0) is 4.74 Å². The molecule has 1 heterocycles. The first-order valence-electron chi connectivity index (χ1n) is 7.70. The van der Waals surface area contributed by atoms with Crippen LogP contribution in [0.4, 0.5) is 10.5 Å². The van der Waals surface area contributed by atoms with E-state index in [1.807, 2.05) is 45.0 Å². The van der Waals surface area contributed by atoms with Crippen LogP contribution in [-0.4, -0.2) is 35.3 Å². The molecule has 1 saturated heterocycles. The first kappa shape index (κ1) is 16.5. The van der Waals surface area contributed by atoms with Crippen molar-refractivity contribution in [1.29, 1.82) is 0 Å². The highest BCUT2D eigenvalue weighted by Gasteiger charge is 2.35. The van der Waals surface area contributed by atoms with Gasteiger partial charge in [0.2, 0.25) is 0 Å². The van der Waals surface area contributed by atoms with E-state index in [0.29, 0.717) is 24.5 Å². The minimum Gasteiger partial charge on any atom is -0.485 e. The molecule has 0 bridgehead atoms. The standard InChI is InChI=1S/C17H26N2O3/c1-16(2,3)22-15(20)19-11-9-17(4,10-12-19)21-14-8-6-5-7-13(14)18/h5-8H,9-12,18H2,1-4H3. The van der Waals surface area contributed by atoms with Crippen LogP contribution in [0, 0.1) is 0 Å². The number of likely N-dealkylation sites (tertiary alicyclic amines) is 1. The highest BCUT2D eigenvalue weighted by molar-refractivity contribution is 5.68. The Kier molecular flexibility index (Phi) is 4.54. The maximum Gasteiger partial charge on any atom is 0.410 e. The van der Waals surface area contributed by atoms with Crippen LogP contribution < -0.4 is 10.5 Å². The number of nitrogens with two attached hydrogens (primary N) is 1. The number of ether oxygens (including phenoxy) is 2. The summed E-state index contributed by atoms with van der Waals surface area (Å²) in [7, 11) is 0. The highest BCUT2D eigenvalue weighted by atomic mass is 16.6. The number of anilines is 1. The van der Waals surface area contributed by atoms with Crippen LogP contribution in [0.5, 0.6) is 5.75 Å². The fourth-order valence-electron chi connectivity index (χ4n) is 2.43. The van der Waals surface area contributed by atoms with E-state index in [4.69, 9.17) is 15.2 Å². The number of nitrogen functional groups attached to an aromatic ring is 1. The zero-order valence-corrected chi connectivity index (χ0v) is 13.9. The summed E-state index contributed by atoms with van der Waals surface area (Å²) in [4.78, 5) is 13.8. The van der Waals surface area contributed by atoms with Crippen LogP contribution in [0.3, 0.4) is 0 Å². The van der Waals surface area contributed by atoms with Gasteiger partial charge in [-0.25, -0.2) is 4.79 Å². The molecule has 5 heteroatoms. The largest absolute Gasteiger partial charge is 0.485 e. The molecule has 0 saturated carbocycles. The zero-order valence-electron chi connectivity index (χ0n) is 13.9. The highest BCUT2D eigenvalue weighted by Crippen LogP contribution is 2.31. The van der Waals surface area contributed by atoms with E-state index in [1.165, 1.54) is 0 Å². The number of para-hydroxylation sites is 2. The number of hydrogen-bond donors (Lipinski definition) is 1. The summed E-state index contributed by atoms with van der Waals surface area (Å²) in [6.07, 6.45) is 1.25.